The molecule has 0 aliphatic carbocycles. The maximum absolute atomic E-state index is 13.0. The predicted molar refractivity (Wildman–Crippen MR) is 72.0 cm³/mol. The first-order valence-electron chi connectivity index (χ1n) is 5.86. The van der Waals surface area contributed by atoms with Gasteiger partial charge in [-0.15, -0.1) is 0 Å². The summed E-state index contributed by atoms with van der Waals surface area (Å²) in [5.41, 5.74) is 0.895. The van der Waals surface area contributed by atoms with E-state index in [9.17, 15) is 9.18 Å². The van der Waals surface area contributed by atoms with E-state index >= 15 is 0 Å². The first-order chi connectivity index (χ1) is 8.45. The molecule has 0 bridgehead atoms. The Morgan fingerprint density at radius 2 is 2.22 bits per heavy atom. The Kier molecular flexibility index (Phi) is 5.75. The fourth-order valence-corrected chi connectivity index (χ4v) is 2.59. The van der Waals surface area contributed by atoms with Crippen molar-refractivity contribution >= 4 is 21.9 Å². The fourth-order valence-electron chi connectivity index (χ4n) is 1.91. The van der Waals surface area contributed by atoms with Crippen molar-refractivity contribution < 1.29 is 14.3 Å². The molecule has 0 fully saturated rings. The Balaban J connectivity index is 2.93. The summed E-state index contributed by atoms with van der Waals surface area (Å²) < 4.78 is 13.7. The van der Waals surface area contributed by atoms with Crippen LogP contribution in [0.5, 0.6) is 0 Å². The SMILES string of the molecule is CCCN(CC(=O)O)C(C)c1ccc(F)cc1Br. The molecule has 1 rings (SSSR count). The summed E-state index contributed by atoms with van der Waals surface area (Å²) in [6.07, 6.45) is 0.871. The maximum Gasteiger partial charge on any atom is 0.317 e. The van der Waals surface area contributed by atoms with Crippen LogP contribution in [-0.2, 0) is 4.79 Å². The molecule has 0 aliphatic heterocycles. The standard InChI is InChI=1S/C13H17BrFNO2/c1-3-6-16(8-13(17)18)9(2)11-5-4-10(15)7-12(11)14/h4-5,7,9H,3,6,8H2,1-2H3,(H,17,18). The van der Waals surface area contributed by atoms with Gasteiger partial charge in [-0.25, -0.2) is 4.39 Å². The second-order valence-electron chi connectivity index (χ2n) is 4.21. The molecule has 0 aromatic heterocycles. The molecule has 0 heterocycles. The van der Waals surface area contributed by atoms with Crippen LogP contribution in [0.4, 0.5) is 4.39 Å². The lowest BCUT2D eigenvalue weighted by atomic mass is 10.1. The largest absolute Gasteiger partial charge is 0.480 e. The van der Waals surface area contributed by atoms with Gasteiger partial charge in [-0.05, 0) is 37.6 Å². The minimum atomic E-state index is -0.853. The lowest BCUT2D eigenvalue weighted by Gasteiger charge is -2.28. The molecular formula is C13H17BrFNO2. The highest BCUT2D eigenvalue weighted by Crippen LogP contribution is 2.28. The average molecular weight is 318 g/mol. The number of halogens is 2. The van der Waals surface area contributed by atoms with Crippen molar-refractivity contribution in [3.63, 3.8) is 0 Å². The first-order valence-corrected chi connectivity index (χ1v) is 6.65. The van der Waals surface area contributed by atoms with Crippen LogP contribution in [0.3, 0.4) is 0 Å². The van der Waals surface area contributed by atoms with E-state index in [0.717, 1.165) is 12.0 Å². The van der Waals surface area contributed by atoms with Crippen LogP contribution in [0, 0.1) is 5.82 Å². The number of rotatable bonds is 6. The van der Waals surface area contributed by atoms with E-state index < -0.39 is 5.97 Å². The van der Waals surface area contributed by atoms with E-state index in [-0.39, 0.29) is 18.4 Å². The Labute approximate surface area is 115 Å². The van der Waals surface area contributed by atoms with E-state index in [4.69, 9.17) is 5.11 Å². The quantitative estimate of drug-likeness (QED) is 0.873. The smallest absolute Gasteiger partial charge is 0.317 e. The van der Waals surface area contributed by atoms with E-state index in [1.54, 1.807) is 6.07 Å². The molecular weight excluding hydrogens is 301 g/mol. The van der Waals surface area contributed by atoms with Crippen molar-refractivity contribution in [2.75, 3.05) is 13.1 Å². The molecule has 1 unspecified atom stereocenters. The Morgan fingerprint density at radius 1 is 1.56 bits per heavy atom. The van der Waals surface area contributed by atoms with Gasteiger partial charge in [0.25, 0.3) is 0 Å². The average Bonchev–Trinajstić information content (AvgIpc) is 2.27. The normalized spacial score (nSPS) is 12.7. The van der Waals surface area contributed by atoms with Gasteiger partial charge in [0.2, 0.25) is 0 Å². The summed E-state index contributed by atoms with van der Waals surface area (Å²) in [4.78, 5) is 12.7. The van der Waals surface area contributed by atoms with Crippen molar-refractivity contribution in [2.24, 2.45) is 0 Å². The van der Waals surface area contributed by atoms with Gasteiger partial charge in [-0.3, -0.25) is 9.69 Å². The predicted octanol–water partition coefficient (Wildman–Crippen LogP) is 3.45. The first kappa shape index (κ1) is 15.1. The number of aliphatic carboxylic acids is 1. The Hall–Kier alpha value is -0.940. The zero-order valence-corrected chi connectivity index (χ0v) is 12.1. The summed E-state index contributed by atoms with van der Waals surface area (Å²) in [6.45, 7) is 4.61. The molecule has 100 valence electrons. The van der Waals surface area contributed by atoms with Gasteiger partial charge >= 0.3 is 5.97 Å². The second-order valence-corrected chi connectivity index (χ2v) is 5.06. The molecule has 3 nitrogen and oxygen atoms in total. The van der Waals surface area contributed by atoms with Gasteiger partial charge in [0, 0.05) is 10.5 Å². The third kappa shape index (κ3) is 4.07. The van der Waals surface area contributed by atoms with Gasteiger partial charge in [0.05, 0.1) is 6.54 Å². The van der Waals surface area contributed by atoms with Crippen molar-refractivity contribution in [1.29, 1.82) is 0 Å². The summed E-state index contributed by atoms with van der Waals surface area (Å²) in [5.74, 6) is -1.16. The molecule has 1 N–H and O–H groups in total. The molecule has 0 radical (unpaired) electrons. The maximum atomic E-state index is 13.0. The number of carbonyl (C=O) groups is 1. The van der Waals surface area contributed by atoms with Gasteiger partial charge in [0.15, 0.2) is 0 Å². The number of nitrogens with zero attached hydrogens (tertiary/aromatic N) is 1. The summed E-state index contributed by atoms with van der Waals surface area (Å²) in [6, 6.07) is 4.41. The number of carboxylic acids is 1. The molecule has 0 spiro atoms. The highest BCUT2D eigenvalue weighted by Gasteiger charge is 2.19. The molecule has 0 saturated carbocycles. The molecule has 1 aromatic carbocycles. The summed E-state index contributed by atoms with van der Waals surface area (Å²) in [7, 11) is 0. The minimum Gasteiger partial charge on any atom is -0.480 e. The van der Waals surface area contributed by atoms with Gasteiger partial charge < -0.3 is 5.11 Å². The van der Waals surface area contributed by atoms with E-state index in [1.807, 2.05) is 18.7 Å². The molecule has 5 heteroatoms. The minimum absolute atomic E-state index is 0.0151. The lowest BCUT2D eigenvalue weighted by Crippen LogP contribution is -2.33. The molecule has 0 saturated heterocycles. The molecule has 1 atom stereocenters. The Morgan fingerprint density at radius 3 is 2.72 bits per heavy atom. The fraction of sp³-hybridized carbons (Fsp3) is 0.462. The zero-order chi connectivity index (χ0) is 13.7. The number of carboxylic acid groups (broad SMARTS) is 1. The van der Waals surface area contributed by atoms with Crippen LogP contribution < -0.4 is 0 Å². The van der Waals surface area contributed by atoms with Crippen molar-refractivity contribution in [2.45, 2.75) is 26.3 Å². The topological polar surface area (TPSA) is 40.5 Å². The molecule has 0 amide bonds. The highest BCUT2D eigenvalue weighted by molar-refractivity contribution is 9.10. The van der Waals surface area contributed by atoms with E-state index in [1.165, 1.54) is 12.1 Å². The molecule has 1 aromatic rings. The van der Waals surface area contributed by atoms with Crippen molar-refractivity contribution in [3.8, 4) is 0 Å². The van der Waals surface area contributed by atoms with Crippen LogP contribution in [0.25, 0.3) is 0 Å². The van der Waals surface area contributed by atoms with Crippen LogP contribution in [0.1, 0.15) is 31.9 Å². The second kappa shape index (κ2) is 6.85. The van der Waals surface area contributed by atoms with Crippen molar-refractivity contribution in [3.05, 3.63) is 34.1 Å². The van der Waals surface area contributed by atoms with Crippen LogP contribution in [-0.4, -0.2) is 29.1 Å². The van der Waals surface area contributed by atoms with Crippen LogP contribution >= 0.6 is 15.9 Å². The lowest BCUT2D eigenvalue weighted by molar-refractivity contribution is -0.138. The summed E-state index contributed by atoms with van der Waals surface area (Å²) >= 11 is 3.32. The summed E-state index contributed by atoms with van der Waals surface area (Å²) in [5, 5.41) is 8.91. The van der Waals surface area contributed by atoms with Crippen LogP contribution in [0.15, 0.2) is 22.7 Å². The van der Waals surface area contributed by atoms with Gasteiger partial charge in [-0.1, -0.05) is 28.9 Å². The number of benzene rings is 1. The monoisotopic (exact) mass is 317 g/mol. The zero-order valence-electron chi connectivity index (χ0n) is 10.5. The van der Waals surface area contributed by atoms with Gasteiger partial charge in [0.1, 0.15) is 5.82 Å². The van der Waals surface area contributed by atoms with Crippen molar-refractivity contribution in [1.82, 2.24) is 4.90 Å². The van der Waals surface area contributed by atoms with Crippen LogP contribution in [0.2, 0.25) is 0 Å². The third-order valence-electron chi connectivity index (χ3n) is 2.81. The number of hydrogen-bond acceptors (Lipinski definition) is 2. The number of hydrogen-bond donors (Lipinski definition) is 1. The van der Waals surface area contributed by atoms with E-state index in [2.05, 4.69) is 15.9 Å². The highest BCUT2D eigenvalue weighted by atomic mass is 79.9. The third-order valence-corrected chi connectivity index (χ3v) is 3.50. The molecule has 18 heavy (non-hydrogen) atoms. The van der Waals surface area contributed by atoms with E-state index in [0.29, 0.717) is 11.0 Å². The Bertz CT molecular complexity index is 425. The van der Waals surface area contributed by atoms with Gasteiger partial charge in [-0.2, -0.15) is 0 Å². The molecule has 0 aliphatic rings.